The van der Waals surface area contributed by atoms with E-state index in [1.807, 2.05) is 58.8 Å². The number of thioether (sulfide) groups is 6. The standard InChI is InChI=1S/C36H34O2S7/c1-5-27(41-19-31-21-43-31)6-2-23(1)33-13-29(39-17-25-15-37-25)9-11-35(33)45-36-12-10-30(40-18-26-16-38-26)14-34(36)24-3-7-28(8-4-24)42-20-32-22-44-32/h1-14,25-26,31-32H,15-22H2. The van der Waals surface area contributed by atoms with Crippen molar-refractivity contribution >= 4 is 82.3 Å². The number of benzene rings is 4. The molecule has 0 bridgehead atoms. The number of rotatable bonds is 16. The van der Waals surface area contributed by atoms with Crippen LogP contribution in [-0.2, 0) is 9.47 Å². The van der Waals surface area contributed by atoms with Crippen LogP contribution in [0.1, 0.15) is 0 Å². The van der Waals surface area contributed by atoms with Crippen molar-refractivity contribution in [1.29, 1.82) is 0 Å². The van der Waals surface area contributed by atoms with Crippen LogP contribution < -0.4 is 0 Å². The predicted octanol–water partition coefficient (Wildman–Crippen LogP) is 10.6. The average molecular weight is 723 g/mol. The Morgan fingerprint density at radius 2 is 0.889 bits per heavy atom. The van der Waals surface area contributed by atoms with E-state index in [0.29, 0.717) is 12.2 Å². The zero-order valence-corrected chi connectivity index (χ0v) is 30.4. The van der Waals surface area contributed by atoms with Crippen LogP contribution >= 0.6 is 82.3 Å². The highest BCUT2D eigenvalue weighted by Gasteiger charge is 2.25. The maximum atomic E-state index is 5.50. The van der Waals surface area contributed by atoms with E-state index in [1.165, 1.54) is 74.6 Å². The number of epoxide rings is 2. The molecular formula is C36H34O2S7. The van der Waals surface area contributed by atoms with E-state index in [-0.39, 0.29) is 0 Å². The van der Waals surface area contributed by atoms with Crippen LogP contribution in [0, 0.1) is 0 Å². The molecule has 4 aromatic carbocycles. The summed E-state index contributed by atoms with van der Waals surface area (Å²) in [4.78, 5) is 7.92. The molecule has 0 saturated carbocycles. The van der Waals surface area contributed by atoms with Crippen LogP contribution in [0.2, 0.25) is 0 Å². The first kappa shape index (κ1) is 31.5. The van der Waals surface area contributed by atoms with Crippen LogP contribution in [-0.4, -0.2) is 70.4 Å². The second-order valence-electron chi connectivity index (χ2n) is 11.5. The normalized spacial score (nSPS) is 22.8. The van der Waals surface area contributed by atoms with Crippen LogP contribution in [0.5, 0.6) is 0 Å². The van der Waals surface area contributed by atoms with E-state index in [4.69, 9.17) is 9.47 Å². The quantitative estimate of drug-likeness (QED) is 0.0827. The minimum absolute atomic E-state index is 0.413. The molecule has 4 atom stereocenters. The summed E-state index contributed by atoms with van der Waals surface area (Å²) in [6.07, 6.45) is 0.826. The molecule has 232 valence electrons. The van der Waals surface area contributed by atoms with E-state index in [2.05, 4.69) is 108 Å². The molecule has 0 aromatic heterocycles. The first-order valence-corrected chi connectivity index (χ1v) is 22.2. The van der Waals surface area contributed by atoms with E-state index in [9.17, 15) is 0 Å². The first-order chi connectivity index (χ1) is 22.2. The van der Waals surface area contributed by atoms with Gasteiger partial charge in [0.15, 0.2) is 0 Å². The van der Waals surface area contributed by atoms with Crippen LogP contribution in [0.4, 0.5) is 0 Å². The van der Waals surface area contributed by atoms with Gasteiger partial charge < -0.3 is 9.47 Å². The van der Waals surface area contributed by atoms with E-state index in [1.54, 1.807) is 0 Å². The molecule has 4 aliphatic heterocycles. The summed E-state index contributed by atoms with van der Waals surface area (Å²) >= 11 is 13.8. The summed E-state index contributed by atoms with van der Waals surface area (Å²) in [6, 6.07) is 32.5. The Morgan fingerprint density at radius 1 is 0.511 bits per heavy atom. The van der Waals surface area contributed by atoms with Crippen molar-refractivity contribution in [3.63, 3.8) is 0 Å². The SMILES string of the molecule is c1cc(Sc2ccc(SCC3CO3)cc2-c2ccc(SCC3CS3)cc2)c(-c2ccc(SCC3CS3)cc2)cc1SCC1CO1. The van der Waals surface area contributed by atoms with Gasteiger partial charge in [-0.1, -0.05) is 36.0 Å². The number of hydrogen-bond donors (Lipinski definition) is 0. The highest BCUT2D eigenvalue weighted by molar-refractivity contribution is 8.09. The van der Waals surface area contributed by atoms with Gasteiger partial charge in [-0.2, -0.15) is 23.5 Å². The summed E-state index contributed by atoms with van der Waals surface area (Å²) in [5, 5.41) is 1.69. The second-order valence-corrected chi connectivity index (χ2v) is 19.7. The van der Waals surface area contributed by atoms with E-state index < -0.39 is 0 Å². The molecule has 0 amide bonds. The van der Waals surface area contributed by atoms with Crippen LogP contribution in [0.3, 0.4) is 0 Å². The molecule has 45 heavy (non-hydrogen) atoms. The summed E-state index contributed by atoms with van der Waals surface area (Å²) in [5.74, 6) is 7.10. The minimum atomic E-state index is 0.413. The minimum Gasteiger partial charge on any atom is -0.372 e. The van der Waals surface area contributed by atoms with E-state index >= 15 is 0 Å². The third-order valence-corrected chi connectivity index (χ3v) is 15.9. The van der Waals surface area contributed by atoms with Gasteiger partial charge in [0.25, 0.3) is 0 Å². The summed E-state index contributed by atoms with van der Waals surface area (Å²) in [5.41, 5.74) is 5.16. The van der Waals surface area contributed by atoms with Gasteiger partial charge in [-0.05, 0) is 82.9 Å². The molecule has 4 saturated heterocycles. The molecule has 9 heteroatoms. The molecule has 4 aromatic rings. The molecule has 4 heterocycles. The van der Waals surface area contributed by atoms with Gasteiger partial charge in [0.1, 0.15) is 0 Å². The van der Waals surface area contributed by atoms with Gasteiger partial charge in [0.2, 0.25) is 0 Å². The van der Waals surface area contributed by atoms with Crippen molar-refractivity contribution in [2.45, 2.75) is 52.1 Å². The molecular weight excluding hydrogens is 689 g/mol. The molecule has 4 fully saturated rings. The molecule has 4 aliphatic rings. The van der Waals surface area contributed by atoms with Crippen molar-refractivity contribution in [3.05, 3.63) is 84.9 Å². The summed E-state index contributed by atoms with van der Waals surface area (Å²) < 4.78 is 11.0. The van der Waals surface area contributed by atoms with Gasteiger partial charge in [0, 0.05) is 74.4 Å². The van der Waals surface area contributed by atoms with Gasteiger partial charge in [0.05, 0.1) is 25.4 Å². The lowest BCUT2D eigenvalue weighted by Gasteiger charge is -2.16. The molecule has 0 radical (unpaired) electrons. The molecule has 2 nitrogen and oxygen atoms in total. The van der Waals surface area contributed by atoms with E-state index in [0.717, 1.165) is 35.2 Å². The monoisotopic (exact) mass is 722 g/mol. The highest BCUT2D eigenvalue weighted by atomic mass is 32.2. The molecule has 8 rings (SSSR count). The fraction of sp³-hybridized carbons (Fsp3) is 0.333. The van der Waals surface area contributed by atoms with Crippen molar-refractivity contribution in [1.82, 2.24) is 0 Å². The van der Waals surface area contributed by atoms with Gasteiger partial charge in [-0.3, -0.25) is 0 Å². The Bertz CT molecular complexity index is 1490. The topological polar surface area (TPSA) is 25.1 Å². The number of hydrogen-bond acceptors (Lipinski definition) is 9. The zero-order chi connectivity index (χ0) is 30.0. The van der Waals surface area contributed by atoms with Gasteiger partial charge in [-0.25, -0.2) is 0 Å². The fourth-order valence-electron chi connectivity index (χ4n) is 4.82. The van der Waals surface area contributed by atoms with Gasteiger partial charge >= 0.3 is 0 Å². The third-order valence-electron chi connectivity index (χ3n) is 7.81. The smallest absolute Gasteiger partial charge is 0.0903 e. The lowest BCUT2D eigenvalue weighted by atomic mass is 10.1. The Hall–Kier alpha value is -0.750. The van der Waals surface area contributed by atoms with Crippen molar-refractivity contribution in [2.75, 3.05) is 47.7 Å². The number of ether oxygens (including phenoxy) is 2. The van der Waals surface area contributed by atoms with Crippen molar-refractivity contribution < 1.29 is 9.47 Å². The molecule has 0 aliphatic carbocycles. The van der Waals surface area contributed by atoms with Gasteiger partial charge in [-0.15, -0.1) is 47.0 Å². The Labute approximate surface area is 296 Å². The zero-order valence-electron chi connectivity index (χ0n) is 24.7. The Balaban J connectivity index is 1.08. The average Bonchev–Trinajstić information content (AvgIpc) is 3.90. The molecule has 0 N–H and O–H groups in total. The molecule has 0 spiro atoms. The maximum Gasteiger partial charge on any atom is 0.0903 e. The summed E-state index contributed by atoms with van der Waals surface area (Å²) in [6.45, 7) is 1.80. The lowest BCUT2D eigenvalue weighted by Crippen LogP contribution is -1.92. The maximum absolute atomic E-state index is 5.50. The Morgan fingerprint density at radius 3 is 1.27 bits per heavy atom. The van der Waals surface area contributed by atoms with Crippen molar-refractivity contribution in [3.8, 4) is 22.3 Å². The van der Waals surface area contributed by atoms with Crippen LogP contribution in [0.15, 0.2) is 114 Å². The largest absolute Gasteiger partial charge is 0.372 e. The Kier molecular flexibility index (Phi) is 10.4. The first-order valence-electron chi connectivity index (χ1n) is 15.4. The summed E-state index contributed by atoms with van der Waals surface area (Å²) in [7, 11) is 0. The second kappa shape index (κ2) is 14.8. The predicted molar refractivity (Wildman–Crippen MR) is 203 cm³/mol. The highest BCUT2D eigenvalue weighted by Crippen LogP contribution is 2.44. The van der Waals surface area contributed by atoms with Crippen LogP contribution in [0.25, 0.3) is 22.3 Å². The fourth-order valence-corrected chi connectivity index (χ4v) is 11.4. The third kappa shape index (κ3) is 9.24. The lowest BCUT2D eigenvalue weighted by molar-refractivity contribution is 0.426. The molecule has 4 unspecified atom stereocenters. The van der Waals surface area contributed by atoms with Crippen molar-refractivity contribution in [2.24, 2.45) is 0 Å².